The molecule has 0 bridgehead atoms. The van der Waals surface area contributed by atoms with Crippen LogP contribution in [0.15, 0.2) is 24.3 Å². The van der Waals surface area contributed by atoms with E-state index < -0.39 is 17.9 Å². The number of hydrogen-bond acceptors (Lipinski definition) is 3. The van der Waals surface area contributed by atoms with Crippen LogP contribution in [0.1, 0.15) is 18.9 Å². The molecule has 1 aromatic rings. The Kier molecular flexibility index (Phi) is 3.63. The van der Waals surface area contributed by atoms with E-state index in [1.165, 1.54) is 12.1 Å². The molecule has 0 amide bonds. The molecule has 1 aromatic carbocycles. The summed E-state index contributed by atoms with van der Waals surface area (Å²) >= 11 is 0. The van der Waals surface area contributed by atoms with Gasteiger partial charge in [0.2, 0.25) is 0 Å². The molecule has 0 saturated carbocycles. The van der Waals surface area contributed by atoms with Gasteiger partial charge in [0.15, 0.2) is 5.79 Å². The zero-order valence-electron chi connectivity index (χ0n) is 10.1. The summed E-state index contributed by atoms with van der Waals surface area (Å²) in [5.41, 5.74) is 0.884. The lowest BCUT2D eigenvalue weighted by molar-refractivity contribution is -0.158. The van der Waals surface area contributed by atoms with Crippen LogP contribution in [0.5, 0.6) is 0 Å². The van der Waals surface area contributed by atoms with Crippen LogP contribution < -0.4 is 0 Å². The summed E-state index contributed by atoms with van der Waals surface area (Å²) in [6.07, 6.45) is -0.0319. The molecule has 1 fully saturated rings. The Morgan fingerprint density at radius 2 is 2.17 bits per heavy atom. The van der Waals surface area contributed by atoms with Crippen molar-refractivity contribution in [1.82, 2.24) is 0 Å². The van der Waals surface area contributed by atoms with E-state index in [0.717, 1.165) is 5.56 Å². The molecule has 1 aliphatic heterocycles. The zero-order chi connectivity index (χ0) is 13.2. The van der Waals surface area contributed by atoms with Gasteiger partial charge < -0.3 is 14.6 Å². The van der Waals surface area contributed by atoms with Crippen LogP contribution in [0.4, 0.5) is 4.39 Å². The van der Waals surface area contributed by atoms with Crippen LogP contribution in [0.25, 0.3) is 0 Å². The number of carbonyl (C=O) groups is 1. The number of ether oxygens (including phenoxy) is 2. The summed E-state index contributed by atoms with van der Waals surface area (Å²) < 4.78 is 23.9. The first kappa shape index (κ1) is 13.0. The fourth-order valence-electron chi connectivity index (χ4n) is 2.05. The quantitative estimate of drug-likeness (QED) is 0.892. The Morgan fingerprint density at radius 1 is 1.50 bits per heavy atom. The van der Waals surface area contributed by atoms with Gasteiger partial charge in [-0.2, -0.15) is 0 Å². The number of halogens is 1. The van der Waals surface area contributed by atoms with Crippen LogP contribution in [0.2, 0.25) is 0 Å². The second-order valence-corrected chi connectivity index (χ2v) is 4.59. The highest BCUT2D eigenvalue weighted by atomic mass is 19.1. The van der Waals surface area contributed by atoms with E-state index in [9.17, 15) is 9.18 Å². The number of benzene rings is 1. The van der Waals surface area contributed by atoms with E-state index >= 15 is 0 Å². The van der Waals surface area contributed by atoms with Crippen LogP contribution in [0.3, 0.4) is 0 Å². The molecule has 2 rings (SSSR count). The number of aliphatic carboxylic acids is 1. The maximum absolute atomic E-state index is 12.8. The highest BCUT2D eigenvalue weighted by Crippen LogP contribution is 2.28. The Balaban J connectivity index is 1.97. The van der Waals surface area contributed by atoms with Crippen LogP contribution in [-0.4, -0.2) is 29.6 Å². The van der Waals surface area contributed by atoms with Gasteiger partial charge in [-0.3, -0.25) is 4.79 Å². The van der Waals surface area contributed by atoms with E-state index in [1.54, 1.807) is 19.1 Å². The molecule has 1 N–H and O–H groups in total. The fraction of sp³-hybridized carbons (Fsp3) is 0.462. The maximum atomic E-state index is 12.8. The third-order valence-electron chi connectivity index (χ3n) is 2.83. The minimum atomic E-state index is -0.908. The van der Waals surface area contributed by atoms with Crippen molar-refractivity contribution in [2.24, 2.45) is 0 Å². The minimum Gasteiger partial charge on any atom is -0.481 e. The number of carboxylic acid groups (broad SMARTS) is 1. The monoisotopic (exact) mass is 254 g/mol. The van der Waals surface area contributed by atoms with E-state index in [1.807, 2.05) is 0 Å². The second kappa shape index (κ2) is 5.04. The van der Waals surface area contributed by atoms with Crippen molar-refractivity contribution in [3.8, 4) is 0 Å². The van der Waals surface area contributed by atoms with E-state index in [2.05, 4.69) is 0 Å². The third kappa shape index (κ3) is 3.27. The summed E-state index contributed by atoms with van der Waals surface area (Å²) in [6.45, 7) is 2.03. The van der Waals surface area contributed by atoms with Crippen LogP contribution in [-0.2, 0) is 20.7 Å². The summed E-state index contributed by atoms with van der Waals surface area (Å²) in [5.74, 6) is -2.03. The number of rotatable bonds is 4. The summed E-state index contributed by atoms with van der Waals surface area (Å²) in [4.78, 5) is 10.6. The van der Waals surface area contributed by atoms with E-state index in [-0.39, 0.29) is 18.8 Å². The predicted molar refractivity (Wildman–Crippen MR) is 61.6 cm³/mol. The van der Waals surface area contributed by atoms with E-state index in [4.69, 9.17) is 14.6 Å². The van der Waals surface area contributed by atoms with Gasteiger partial charge in [-0.05, 0) is 24.6 Å². The van der Waals surface area contributed by atoms with Crippen molar-refractivity contribution >= 4 is 5.97 Å². The first-order valence-corrected chi connectivity index (χ1v) is 5.75. The van der Waals surface area contributed by atoms with Gasteiger partial charge >= 0.3 is 5.97 Å². The van der Waals surface area contributed by atoms with Crippen molar-refractivity contribution in [3.05, 3.63) is 35.6 Å². The molecule has 1 saturated heterocycles. The summed E-state index contributed by atoms with van der Waals surface area (Å²) in [7, 11) is 0. The Hall–Kier alpha value is -1.46. The first-order chi connectivity index (χ1) is 8.47. The fourth-order valence-corrected chi connectivity index (χ4v) is 2.05. The van der Waals surface area contributed by atoms with Gasteiger partial charge in [-0.15, -0.1) is 0 Å². The first-order valence-electron chi connectivity index (χ1n) is 5.75. The molecule has 0 aliphatic carbocycles. The normalized spacial score (nSPS) is 27.3. The number of hydrogen-bond donors (Lipinski definition) is 1. The van der Waals surface area contributed by atoms with Gasteiger partial charge in [0.25, 0.3) is 0 Å². The van der Waals surface area contributed by atoms with Gasteiger partial charge in [-0.1, -0.05) is 12.1 Å². The molecule has 1 aliphatic rings. The maximum Gasteiger partial charge on any atom is 0.306 e. The smallest absolute Gasteiger partial charge is 0.306 e. The standard InChI is InChI=1S/C13H15FO4/c1-13(7-9-2-4-10(14)5-3-9)17-8-11(18-13)6-12(15)16/h2-5,11H,6-8H2,1H3,(H,15,16). The molecule has 1 heterocycles. The molecule has 0 aromatic heterocycles. The van der Waals surface area contributed by atoms with Gasteiger partial charge in [0.05, 0.1) is 19.1 Å². The molecule has 0 radical (unpaired) electrons. The van der Waals surface area contributed by atoms with Crippen LogP contribution in [0, 0.1) is 5.82 Å². The predicted octanol–water partition coefficient (Wildman–Crippen LogP) is 1.97. The van der Waals surface area contributed by atoms with Gasteiger partial charge in [0.1, 0.15) is 5.82 Å². The SMILES string of the molecule is CC1(Cc2ccc(F)cc2)OCC(CC(=O)O)O1. The topological polar surface area (TPSA) is 55.8 Å². The molecular weight excluding hydrogens is 239 g/mol. The highest BCUT2D eigenvalue weighted by molar-refractivity contribution is 5.67. The third-order valence-corrected chi connectivity index (χ3v) is 2.83. The largest absolute Gasteiger partial charge is 0.481 e. The minimum absolute atomic E-state index is 0.0704. The second-order valence-electron chi connectivity index (χ2n) is 4.59. The Morgan fingerprint density at radius 3 is 2.78 bits per heavy atom. The van der Waals surface area contributed by atoms with Gasteiger partial charge in [0, 0.05) is 6.42 Å². The molecule has 18 heavy (non-hydrogen) atoms. The van der Waals surface area contributed by atoms with Gasteiger partial charge in [-0.25, -0.2) is 4.39 Å². The lowest BCUT2D eigenvalue weighted by Crippen LogP contribution is -2.30. The summed E-state index contributed by atoms with van der Waals surface area (Å²) in [5, 5.41) is 8.69. The van der Waals surface area contributed by atoms with E-state index in [0.29, 0.717) is 6.42 Å². The lowest BCUT2D eigenvalue weighted by atomic mass is 10.1. The molecular formula is C13H15FO4. The number of carboxylic acids is 1. The average Bonchev–Trinajstić information content (AvgIpc) is 2.63. The molecule has 2 atom stereocenters. The molecule has 4 nitrogen and oxygen atoms in total. The Labute approximate surface area is 104 Å². The zero-order valence-corrected chi connectivity index (χ0v) is 10.1. The van der Waals surface area contributed by atoms with Crippen molar-refractivity contribution in [1.29, 1.82) is 0 Å². The molecule has 0 spiro atoms. The Bertz CT molecular complexity index is 431. The molecule has 98 valence electrons. The average molecular weight is 254 g/mol. The summed E-state index contributed by atoms with van der Waals surface area (Å²) in [6, 6.07) is 6.08. The molecule has 5 heteroatoms. The van der Waals surface area contributed by atoms with Crippen molar-refractivity contribution in [3.63, 3.8) is 0 Å². The lowest BCUT2D eigenvalue weighted by Gasteiger charge is -2.23. The highest BCUT2D eigenvalue weighted by Gasteiger charge is 2.38. The van der Waals surface area contributed by atoms with Crippen molar-refractivity contribution in [2.45, 2.75) is 31.7 Å². The van der Waals surface area contributed by atoms with Crippen LogP contribution >= 0.6 is 0 Å². The van der Waals surface area contributed by atoms with Crippen molar-refractivity contribution < 1.29 is 23.8 Å². The van der Waals surface area contributed by atoms with Crippen molar-refractivity contribution in [2.75, 3.05) is 6.61 Å². The molecule has 2 unspecified atom stereocenters.